The SMILES string of the molecule is COCCOc1ncc(-c2cc(C)c3c(n2)[C@@H](C)N(c2ccn(C)n2)C3=O)cc1OC. The van der Waals surface area contributed by atoms with E-state index >= 15 is 0 Å². The zero-order valence-corrected chi connectivity index (χ0v) is 18.2. The van der Waals surface area contributed by atoms with E-state index in [-0.39, 0.29) is 11.9 Å². The van der Waals surface area contributed by atoms with Crippen LogP contribution in [0.25, 0.3) is 11.3 Å². The van der Waals surface area contributed by atoms with Crippen molar-refractivity contribution >= 4 is 11.7 Å². The van der Waals surface area contributed by atoms with Crippen molar-refractivity contribution in [2.24, 2.45) is 7.05 Å². The molecule has 4 rings (SSSR count). The maximum Gasteiger partial charge on any atom is 0.262 e. The van der Waals surface area contributed by atoms with Crippen molar-refractivity contribution in [2.45, 2.75) is 19.9 Å². The van der Waals surface area contributed by atoms with Crippen LogP contribution in [-0.2, 0) is 11.8 Å². The molecule has 3 aromatic rings. The van der Waals surface area contributed by atoms with Gasteiger partial charge in [-0.3, -0.25) is 14.4 Å². The number of pyridine rings is 2. The second-order valence-corrected chi connectivity index (χ2v) is 7.36. The maximum absolute atomic E-state index is 13.1. The quantitative estimate of drug-likeness (QED) is 0.540. The first kappa shape index (κ1) is 20.8. The van der Waals surface area contributed by atoms with Gasteiger partial charge >= 0.3 is 0 Å². The summed E-state index contributed by atoms with van der Waals surface area (Å²) >= 11 is 0. The van der Waals surface area contributed by atoms with Gasteiger partial charge in [0, 0.05) is 38.2 Å². The Bertz CT molecular complexity index is 1130. The van der Waals surface area contributed by atoms with Gasteiger partial charge in [-0.2, -0.15) is 5.10 Å². The van der Waals surface area contributed by atoms with Gasteiger partial charge in [-0.1, -0.05) is 0 Å². The highest BCUT2D eigenvalue weighted by Crippen LogP contribution is 2.39. The lowest BCUT2D eigenvalue weighted by Gasteiger charge is -2.18. The first-order chi connectivity index (χ1) is 14.9. The predicted molar refractivity (Wildman–Crippen MR) is 115 cm³/mol. The summed E-state index contributed by atoms with van der Waals surface area (Å²) in [5.41, 5.74) is 3.70. The predicted octanol–water partition coefficient (Wildman–Crippen LogP) is 2.94. The largest absolute Gasteiger partial charge is 0.491 e. The third kappa shape index (κ3) is 3.72. The zero-order chi connectivity index (χ0) is 22.1. The number of aryl methyl sites for hydroxylation is 2. The molecule has 4 heterocycles. The normalized spacial score (nSPS) is 15.3. The third-order valence-electron chi connectivity index (χ3n) is 5.27. The molecule has 162 valence electrons. The van der Waals surface area contributed by atoms with Crippen molar-refractivity contribution in [1.82, 2.24) is 19.7 Å². The van der Waals surface area contributed by atoms with E-state index < -0.39 is 0 Å². The van der Waals surface area contributed by atoms with Gasteiger partial charge in [-0.05, 0) is 31.5 Å². The van der Waals surface area contributed by atoms with E-state index in [4.69, 9.17) is 19.2 Å². The average molecular weight is 423 g/mol. The van der Waals surface area contributed by atoms with Crippen LogP contribution in [0.4, 0.5) is 5.82 Å². The van der Waals surface area contributed by atoms with Gasteiger partial charge in [0.15, 0.2) is 11.6 Å². The van der Waals surface area contributed by atoms with Gasteiger partial charge in [0.25, 0.3) is 11.8 Å². The van der Waals surface area contributed by atoms with Crippen molar-refractivity contribution in [1.29, 1.82) is 0 Å². The van der Waals surface area contributed by atoms with Gasteiger partial charge < -0.3 is 14.2 Å². The van der Waals surface area contributed by atoms with E-state index in [1.54, 1.807) is 30.0 Å². The van der Waals surface area contributed by atoms with E-state index in [0.29, 0.717) is 41.9 Å². The molecule has 0 radical (unpaired) electrons. The summed E-state index contributed by atoms with van der Waals surface area (Å²) in [7, 11) is 5.00. The lowest BCUT2D eigenvalue weighted by Crippen LogP contribution is -2.27. The minimum atomic E-state index is -0.234. The summed E-state index contributed by atoms with van der Waals surface area (Å²) < 4.78 is 17.7. The number of amides is 1. The molecule has 0 aliphatic carbocycles. The van der Waals surface area contributed by atoms with Crippen LogP contribution in [0.5, 0.6) is 11.6 Å². The highest BCUT2D eigenvalue weighted by atomic mass is 16.5. The Labute approximate surface area is 180 Å². The Hall–Kier alpha value is -3.46. The number of carbonyl (C=O) groups is 1. The van der Waals surface area contributed by atoms with Crippen LogP contribution in [0.3, 0.4) is 0 Å². The molecule has 0 saturated carbocycles. The van der Waals surface area contributed by atoms with Gasteiger partial charge in [-0.25, -0.2) is 9.97 Å². The Morgan fingerprint density at radius 3 is 2.68 bits per heavy atom. The molecule has 0 fully saturated rings. The van der Waals surface area contributed by atoms with Gasteiger partial charge in [0.1, 0.15) is 6.61 Å². The van der Waals surface area contributed by atoms with E-state index in [0.717, 1.165) is 16.8 Å². The Kier molecular flexibility index (Phi) is 5.60. The summed E-state index contributed by atoms with van der Waals surface area (Å²) in [4.78, 5) is 24.0. The highest BCUT2D eigenvalue weighted by Gasteiger charge is 2.39. The second-order valence-electron chi connectivity index (χ2n) is 7.36. The van der Waals surface area contributed by atoms with Crippen LogP contribution < -0.4 is 14.4 Å². The number of hydrogen-bond acceptors (Lipinski definition) is 7. The number of fused-ring (bicyclic) bond motifs is 1. The molecule has 3 aromatic heterocycles. The van der Waals surface area contributed by atoms with Crippen LogP contribution in [0.2, 0.25) is 0 Å². The van der Waals surface area contributed by atoms with Crippen molar-refractivity contribution in [3.05, 3.63) is 47.4 Å². The van der Waals surface area contributed by atoms with Crippen LogP contribution in [0.1, 0.15) is 34.6 Å². The fraction of sp³-hybridized carbons (Fsp3) is 0.364. The molecule has 0 N–H and O–H groups in total. The topological polar surface area (TPSA) is 91.6 Å². The third-order valence-corrected chi connectivity index (χ3v) is 5.27. The maximum atomic E-state index is 13.1. The minimum absolute atomic E-state index is 0.0876. The second kappa shape index (κ2) is 8.35. The molecule has 1 atom stereocenters. The Morgan fingerprint density at radius 1 is 1.19 bits per heavy atom. The van der Waals surface area contributed by atoms with E-state index in [1.165, 1.54) is 0 Å². The molecule has 0 saturated heterocycles. The lowest BCUT2D eigenvalue weighted by atomic mass is 10.0. The van der Waals surface area contributed by atoms with E-state index in [9.17, 15) is 4.79 Å². The van der Waals surface area contributed by atoms with Gasteiger partial charge in [0.2, 0.25) is 0 Å². The lowest BCUT2D eigenvalue weighted by molar-refractivity contribution is 0.0991. The molecule has 0 unspecified atom stereocenters. The van der Waals surface area contributed by atoms with Crippen molar-refractivity contribution in [2.75, 3.05) is 32.3 Å². The number of carbonyl (C=O) groups excluding carboxylic acids is 1. The summed E-state index contributed by atoms with van der Waals surface area (Å²) in [6, 6.07) is 5.32. The van der Waals surface area contributed by atoms with Crippen LogP contribution in [0, 0.1) is 6.92 Å². The van der Waals surface area contributed by atoms with Crippen molar-refractivity contribution in [3.8, 4) is 22.9 Å². The molecular formula is C22H25N5O4. The number of nitrogens with zero attached hydrogens (tertiary/aromatic N) is 5. The van der Waals surface area contributed by atoms with Crippen molar-refractivity contribution < 1.29 is 19.0 Å². The number of ether oxygens (including phenoxy) is 3. The summed E-state index contributed by atoms with van der Waals surface area (Å²) in [6.07, 6.45) is 3.51. The Balaban J connectivity index is 1.70. The molecule has 31 heavy (non-hydrogen) atoms. The molecular weight excluding hydrogens is 398 g/mol. The fourth-order valence-electron chi connectivity index (χ4n) is 3.73. The number of anilines is 1. The molecule has 1 amide bonds. The fourth-order valence-corrected chi connectivity index (χ4v) is 3.73. The van der Waals surface area contributed by atoms with Crippen LogP contribution in [-0.4, -0.2) is 53.1 Å². The number of methoxy groups -OCH3 is 2. The molecule has 9 nitrogen and oxygen atoms in total. The van der Waals surface area contributed by atoms with Crippen molar-refractivity contribution in [3.63, 3.8) is 0 Å². The minimum Gasteiger partial charge on any atom is -0.491 e. The summed E-state index contributed by atoms with van der Waals surface area (Å²) in [6.45, 7) is 4.71. The number of aromatic nitrogens is 4. The standard InChI is InChI=1S/C22H25N5O4/c1-13-10-16(15-11-17(30-5)21(23-12-15)31-9-8-29-4)24-20-14(2)27(22(28)19(13)20)18-6-7-26(3)25-18/h6-7,10-12,14H,8-9H2,1-5H3/t14-/m1/s1. The monoisotopic (exact) mass is 423 g/mol. The number of rotatable bonds is 7. The van der Waals surface area contributed by atoms with Crippen LogP contribution in [0.15, 0.2) is 30.6 Å². The number of hydrogen-bond donors (Lipinski definition) is 0. The molecule has 0 spiro atoms. The molecule has 1 aliphatic rings. The Morgan fingerprint density at radius 2 is 2.00 bits per heavy atom. The summed E-state index contributed by atoms with van der Waals surface area (Å²) in [5.74, 6) is 1.43. The molecule has 9 heteroatoms. The summed E-state index contributed by atoms with van der Waals surface area (Å²) in [5, 5.41) is 4.39. The highest BCUT2D eigenvalue weighted by molar-refractivity contribution is 6.11. The smallest absolute Gasteiger partial charge is 0.262 e. The van der Waals surface area contributed by atoms with E-state index in [1.807, 2.05) is 45.3 Å². The first-order valence-electron chi connectivity index (χ1n) is 9.95. The molecule has 0 bridgehead atoms. The first-order valence-corrected chi connectivity index (χ1v) is 9.95. The zero-order valence-electron chi connectivity index (χ0n) is 18.2. The van der Waals surface area contributed by atoms with E-state index in [2.05, 4.69) is 10.1 Å². The average Bonchev–Trinajstić information content (AvgIpc) is 3.29. The van der Waals surface area contributed by atoms with Crippen LogP contribution >= 0.6 is 0 Å². The molecule has 0 aromatic carbocycles. The molecule has 1 aliphatic heterocycles. The van der Waals surface area contributed by atoms with Gasteiger partial charge in [0.05, 0.1) is 36.7 Å². The van der Waals surface area contributed by atoms with Gasteiger partial charge in [-0.15, -0.1) is 0 Å².